The molecule has 0 radical (unpaired) electrons. The molecule has 0 saturated carbocycles. The number of rotatable bonds is 7. The van der Waals surface area contributed by atoms with Gasteiger partial charge in [0, 0.05) is 19.6 Å². The minimum absolute atomic E-state index is 0.102. The second kappa shape index (κ2) is 9.96. The molecule has 0 aliphatic rings. The smallest absolute Gasteiger partial charge is 0.160 e. The summed E-state index contributed by atoms with van der Waals surface area (Å²) >= 11 is 3.18. The number of hydrogen-bond acceptors (Lipinski definition) is 2. The first kappa shape index (κ1) is 12.9. The third kappa shape index (κ3) is 8.22. The van der Waals surface area contributed by atoms with E-state index in [4.69, 9.17) is 9.47 Å². The van der Waals surface area contributed by atoms with Crippen LogP contribution in [0.5, 0.6) is 0 Å². The normalized spacial score (nSPS) is 12.3. The summed E-state index contributed by atoms with van der Waals surface area (Å²) in [6.45, 7) is 5.31. The third-order valence-electron chi connectivity index (χ3n) is 1.35. The molecule has 0 N–H and O–H groups in total. The zero-order chi connectivity index (χ0) is 9.94. The Labute approximate surface area is 88.7 Å². The summed E-state index contributed by atoms with van der Waals surface area (Å²) in [5.41, 5.74) is 0. The van der Waals surface area contributed by atoms with Crippen LogP contribution in [0, 0.1) is 0 Å². The van der Waals surface area contributed by atoms with E-state index < -0.39 is 0 Å². The van der Waals surface area contributed by atoms with Gasteiger partial charge in [-0.2, -0.15) is 0 Å². The van der Waals surface area contributed by atoms with E-state index in [-0.39, 0.29) is 6.29 Å². The SMILES string of the molecule is CCOC(C/C=C/C=CBr)OCC. The molecule has 0 heterocycles. The molecule has 0 saturated heterocycles. The maximum absolute atomic E-state index is 5.35. The predicted octanol–water partition coefficient (Wildman–Crippen LogP) is 3.24. The second-order valence-electron chi connectivity index (χ2n) is 2.32. The van der Waals surface area contributed by atoms with Crippen LogP contribution in [-0.2, 0) is 9.47 Å². The van der Waals surface area contributed by atoms with E-state index in [9.17, 15) is 0 Å². The topological polar surface area (TPSA) is 18.5 Å². The van der Waals surface area contributed by atoms with Gasteiger partial charge in [-0.05, 0) is 18.8 Å². The van der Waals surface area contributed by atoms with Crippen LogP contribution in [0.3, 0.4) is 0 Å². The van der Waals surface area contributed by atoms with E-state index in [0.29, 0.717) is 13.2 Å². The van der Waals surface area contributed by atoms with E-state index in [1.165, 1.54) is 0 Å². The van der Waals surface area contributed by atoms with E-state index in [0.717, 1.165) is 6.42 Å². The van der Waals surface area contributed by atoms with Crippen LogP contribution in [-0.4, -0.2) is 19.5 Å². The van der Waals surface area contributed by atoms with Crippen molar-refractivity contribution in [2.24, 2.45) is 0 Å². The van der Waals surface area contributed by atoms with Crippen LogP contribution in [0.25, 0.3) is 0 Å². The van der Waals surface area contributed by atoms with Crippen LogP contribution in [0.15, 0.2) is 23.2 Å². The Balaban J connectivity index is 3.66. The fourth-order valence-electron chi connectivity index (χ4n) is 0.866. The largest absolute Gasteiger partial charge is 0.353 e. The van der Waals surface area contributed by atoms with Crippen LogP contribution in [0.2, 0.25) is 0 Å². The van der Waals surface area contributed by atoms with E-state index in [1.807, 2.05) is 32.1 Å². The average molecular weight is 249 g/mol. The molecule has 76 valence electrons. The Bertz CT molecular complexity index is 149. The first-order valence-electron chi connectivity index (χ1n) is 4.50. The molecular formula is C10H17BrO2. The van der Waals surface area contributed by atoms with Gasteiger partial charge in [-0.25, -0.2) is 0 Å². The fourth-order valence-corrected chi connectivity index (χ4v) is 1.04. The quantitative estimate of drug-likeness (QED) is 0.509. The van der Waals surface area contributed by atoms with Crippen molar-refractivity contribution in [3.63, 3.8) is 0 Å². The molecule has 0 rings (SSSR count). The molecule has 0 aliphatic heterocycles. The first-order valence-corrected chi connectivity index (χ1v) is 5.41. The number of allylic oxidation sites excluding steroid dienone is 2. The predicted molar refractivity (Wildman–Crippen MR) is 58.9 cm³/mol. The van der Waals surface area contributed by atoms with Crippen molar-refractivity contribution in [3.05, 3.63) is 23.2 Å². The molecule has 0 spiro atoms. The summed E-state index contributed by atoms with van der Waals surface area (Å²) in [6.07, 6.45) is 6.58. The summed E-state index contributed by atoms with van der Waals surface area (Å²) in [6, 6.07) is 0. The molecule has 0 amide bonds. The van der Waals surface area contributed by atoms with Crippen LogP contribution in [0.1, 0.15) is 20.3 Å². The minimum atomic E-state index is -0.102. The van der Waals surface area contributed by atoms with Gasteiger partial charge in [0.1, 0.15) is 0 Å². The molecule has 0 aliphatic carbocycles. The lowest BCUT2D eigenvalue weighted by atomic mass is 10.3. The number of halogens is 1. The molecule has 13 heavy (non-hydrogen) atoms. The van der Waals surface area contributed by atoms with Gasteiger partial charge in [0.2, 0.25) is 0 Å². The van der Waals surface area contributed by atoms with Crippen molar-refractivity contribution in [3.8, 4) is 0 Å². The monoisotopic (exact) mass is 248 g/mol. The molecular weight excluding hydrogens is 232 g/mol. The van der Waals surface area contributed by atoms with Crippen molar-refractivity contribution in [2.45, 2.75) is 26.6 Å². The number of ether oxygens (including phenoxy) is 2. The Morgan fingerprint density at radius 2 is 1.77 bits per heavy atom. The third-order valence-corrected chi connectivity index (χ3v) is 1.66. The van der Waals surface area contributed by atoms with E-state index >= 15 is 0 Å². The van der Waals surface area contributed by atoms with Gasteiger partial charge in [-0.1, -0.05) is 34.2 Å². The zero-order valence-electron chi connectivity index (χ0n) is 8.20. The summed E-state index contributed by atoms with van der Waals surface area (Å²) in [5, 5.41) is 0. The van der Waals surface area contributed by atoms with Crippen LogP contribution in [0.4, 0.5) is 0 Å². The lowest BCUT2D eigenvalue weighted by Crippen LogP contribution is -2.16. The molecule has 2 nitrogen and oxygen atoms in total. The van der Waals surface area contributed by atoms with Crippen molar-refractivity contribution < 1.29 is 9.47 Å². The summed E-state index contributed by atoms with van der Waals surface area (Å²) in [7, 11) is 0. The van der Waals surface area contributed by atoms with Gasteiger partial charge < -0.3 is 9.47 Å². The van der Waals surface area contributed by atoms with Crippen LogP contribution < -0.4 is 0 Å². The van der Waals surface area contributed by atoms with Gasteiger partial charge in [0.05, 0.1) is 0 Å². The van der Waals surface area contributed by atoms with E-state index in [2.05, 4.69) is 15.9 Å². The Morgan fingerprint density at radius 3 is 2.23 bits per heavy atom. The van der Waals surface area contributed by atoms with Crippen molar-refractivity contribution in [1.29, 1.82) is 0 Å². The molecule has 0 aromatic heterocycles. The van der Waals surface area contributed by atoms with Crippen LogP contribution >= 0.6 is 15.9 Å². The van der Waals surface area contributed by atoms with Gasteiger partial charge in [0.15, 0.2) is 6.29 Å². The Hall–Kier alpha value is -0.120. The standard InChI is InChI=1S/C10H17BrO2/c1-3-12-10(13-4-2)8-6-5-7-9-11/h5-7,9-10H,3-4,8H2,1-2H3/b6-5+,9-7?. The highest BCUT2D eigenvalue weighted by atomic mass is 79.9. The number of hydrogen-bond donors (Lipinski definition) is 0. The minimum Gasteiger partial charge on any atom is -0.353 e. The molecule has 0 aromatic carbocycles. The molecule has 0 unspecified atom stereocenters. The summed E-state index contributed by atoms with van der Waals surface area (Å²) in [5.74, 6) is 0. The van der Waals surface area contributed by atoms with Gasteiger partial charge >= 0.3 is 0 Å². The second-order valence-corrected chi connectivity index (χ2v) is 2.85. The summed E-state index contributed by atoms with van der Waals surface area (Å²) in [4.78, 5) is 1.81. The van der Waals surface area contributed by atoms with Crippen molar-refractivity contribution >= 4 is 15.9 Å². The highest BCUT2D eigenvalue weighted by Crippen LogP contribution is 2.02. The van der Waals surface area contributed by atoms with Gasteiger partial charge in [-0.15, -0.1) is 0 Å². The summed E-state index contributed by atoms with van der Waals surface area (Å²) < 4.78 is 10.7. The lowest BCUT2D eigenvalue weighted by molar-refractivity contribution is -0.133. The van der Waals surface area contributed by atoms with Gasteiger partial charge in [0.25, 0.3) is 0 Å². The molecule has 0 atom stereocenters. The fraction of sp³-hybridized carbons (Fsp3) is 0.600. The highest BCUT2D eigenvalue weighted by Gasteiger charge is 2.03. The van der Waals surface area contributed by atoms with Gasteiger partial charge in [-0.3, -0.25) is 0 Å². The Kier molecular flexibility index (Phi) is 9.87. The van der Waals surface area contributed by atoms with E-state index in [1.54, 1.807) is 4.99 Å². The molecule has 0 aromatic rings. The molecule has 0 fully saturated rings. The Morgan fingerprint density at radius 1 is 1.15 bits per heavy atom. The zero-order valence-corrected chi connectivity index (χ0v) is 9.79. The maximum atomic E-state index is 5.35. The van der Waals surface area contributed by atoms with Crippen molar-refractivity contribution in [2.75, 3.05) is 13.2 Å². The molecule has 3 heteroatoms. The first-order chi connectivity index (χ1) is 6.35. The average Bonchev–Trinajstić information content (AvgIpc) is 2.13. The maximum Gasteiger partial charge on any atom is 0.160 e. The van der Waals surface area contributed by atoms with Crippen molar-refractivity contribution in [1.82, 2.24) is 0 Å². The molecule has 0 bridgehead atoms. The highest BCUT2D eigenvalue weighted by molar-refractivity contribution is 9.11. The lowest BCUT2D eigenvalue weighted by Gasteiger charge is -2.14.